The molecule has 0 saturated heterocycles. The minimum Gasteiger partial charge on any atom is -0.381 e. The van der Waals surface area contributed by atoms with E-state index in [9.17, 15) is 0 Å². The summed E-state index contributed by atoms with van der Waals surface area (Å²) in [7, 11) is 0. The molecule has 0 bridgehead atoms. The van der Waals surface area contributed by atoms with Crippen LogP contribution in [0.3, 0.4) is 0 Å². The Morgan fingerprint density at radius 3 is 1.24 bits per heavy atom. The maximum atomic E-state index is 3.60. The Kier molecular flexibility index (Phi) is 7.69. The van der Waals surface area contributed by atoms with E-state index in [1.165, 1.54) is 44.8 Å². The third-order valence-corrected chi connectivity index (χ3v) is 6.32. The van der Waals surface area contributed by atoms with Gasteiger partial charge in [0.05, 0.1) is 0 Å². The van der Waals surface area contributed by atoms with Crippen LogP contribution < -0.4 is 10.6 Å². The topological polar surface area (TPSA) is 24.1 Å². The molecule has 0 aliphatic rings. The molecule has 0 atom stereocenters. The van der Waals surface area contributed by atoms with Crippen molar-refractivity contribution < 1.29 is 0 Å². The van der Waals surface area contributed by atoms with Crippen LogP contribution in [0.25, 0.3) is 11.1 Å². The van der Waals surface area contributed by atoms with E-state index in [1.807, 2.05) is 0 Å². The number of hydrogen-bond donors (Lipinski definition) is 2. The molecule has 0 heterocycles. The van der Waals surface area contributed by atoms with Gasteiger partial charge in [-0.05, 0) is 69.5 Å². The van der Waals surface area contributed by atoms with E-state index < -0.39 is 0 Å². The highest BCUT2D eigenvalue weighted by Crippen LogP contribution is 2.37. The van der Waals surface area contributed by atoms with Gasteiger partial charge in [-0.15, -0.1) is 0 Å². The van der Waals surface area contributed by atoms with E-state index >= 15 is 0 Å². The molecule has 0 unspecified atom stereocenters. The van der Waals surface area contributed by atoms with Crippen molar-refractivity contribution in [3.05, 3.63) is 119 Å². The van der Waals surface area contributed by atoms with Gasteiger partial charge in [0.25, 0.3) is 0 Å². The van der Waals surface area contributed by atoms with Crippen molar-refractivity contribution in [1.82, 2.24) is 0 Å². The molecular weight excluding hydrogens is 412 g/mol. The first kappa shape index (κ1) is 23.6. The molecule has 0 aromatic heterocycles. The van der Waals surface area contributed by atoms with Crippen LogP contribution in [0, 0.1) is 0 Å². The highest BCUT2D eigenvalue weighted by Gasteiger charge is 2.15. The molecule has 0 aliphatic carbocycles. The van der Waals surface area contributed by atoms with Gasteiger partial charge in [0.1, 0.15) is 0 Å². The second-order valence-corrected chi connectivity index (χ2v) is 9.59. The average Bonchev–Trinajstić information content (AvgIpc) is 2.87. The van der Waals surface area contributed by atoms with Crippen molar-refractivity contribution in [3.63, 3.8) is 0 Å². The van der Waals surface area contributed by atoms with Gasteiger partial charge in [0.2, 0.25) is 0 Å². The minimum absolute atomic E-state index is 0.435. The van der Waals surface area contributed by atoms with Gasteiger partial charge in [-0.2, -0.15) is 0 Å². The Morgan fingerprint density at radius 1 is 0.500 bits per heavy atom. The molecule has 2 nitrogen and oxygen atoms in total. The Balaban J connectivity index is 1.60. The molecule has 34 heavy (non-hydrogen) atoms. The molecule has 174 valence electrons. The standard InChI is InChI=1S/C32H36N2/c1-23(2)31-19-27(33-21-25-11-7-5-8-12-25)15-17-29(31)30-18-16-28(20-32(30)24(3)4)34-22-26-13-9-6-10-14-26/h5-20,23-24,33-34H,21-22H2,1-4H3. The van der Waals surface area contributed by atoms with Crippen molar-refractivity contribution in [2.24, 2.45) is 0 Å². The predicted molar refractivity (Wildman–Crippen MR) is 148 cm³/mol. The van der Waals surface area contributed by atoms with E-state index in [2.05, 4.69) is 135 Å². The average molecular weight is 449 g/mol. The molecule has 0 radical (unpaired) electrons. The van der Waals surface area contributed by atoms with Crippen molar-refractivity contribution in [2.45, 2.75) is 52.6 Å². The van der Waals surface area contributed by atoms with E-state index in [0.717, 1.165) is 13.1 Å². The van der Waals surface area contributed by atoms with Crippen LogP contribution >= 0.6 is 0 Å². The Bertz CT molecular complexity index is 1100. The van der Waals surface area contributed by atoms with Crippen LogP contribution in [0.5, 0.6) is 0 Å². The lowest BCUT2D eigenvalue weighted by atomic mass is 9.86. The molecule has 4 aromatic rings. The molecule has 0 amide bonds. The zero-order valence-corrected chi connectivity index (χ0v) is 20.8. The fourth-order valence-electron chi connectivity index (χ4n) is 4.39. The molecule has 0 fully saturated rings. The molecule has 0 saturated carbocycles. The summed E-state index contributed by atoms with van der Waals surface area (Å²) >= 11 is 0. The molecular formula is C32H36N2. The van der Waals surface area contributed by atoms with Gasteiger partial charge >= 0.3 is 0 Å². The van der Waals surface area contributed by atoms with E-state index in [1.54, 1.807) is 0 Å². The number of anilines is 2. The van der Waals surface area contributed by atoms with Crippen LogP contribution in [0.15, 0.2) is 97.1 Å². The van der Waals surface area contributed by atoms with Gasteiger partial charge in [-0.3, -0.25) is 0 Å². The highest BCUT2D eigenvalue weighted by atomic mass is 14.9. The van der Waals surface area contributed by atoms with Crippen LogP contribution in [0.2, 0.25) is 0 Å². The van der Waals surface area contributed by atoms with E-state index in [0.29, 0.717) is 11.8 Å². The fourth-order valence-corrected chi connectivity index (χ4v) is 4.39. The normalized spacial score (nSPS) is 11.1. The number of rotatable bonds is 9. The number of nitrogens with one attached hydrogen (secondary N) is 2. The van der Waals surface area contributed by atoms with Gasteiger partial charge in [-0.1, -0.05) is 100 Å². The third-order valence-electron chi connectivity index (χ3n) is 6.32. The largest absolute Gasteiger partial charge is 0.381 e. The quantitative estimate of drug-likeness (QED) is 0.267. The lowest BCUT2D eigenvalue weighted by molar-refractivity contribution is 0.857. The molecule has 4 aromatic carbocycles. The predicted octanol–water partition coefficient (Wildman–Crippen LogP) is 8.82. The maximum absolute atomic E-state index is 3.60. The lowest BCUT2D eigenvalue weighted by Gasteiger charge is -2.21. The summed E-state index contributed by atoms with van der Waals surface area (Å²) in [6, 6.07) is 34.8. The smallest absolute Gasteiger partial charge is 0.0400 e. The van der Waals surface area contributed by atoms with Crippen molar-refractivity contribution in [2.75, 3.05) is 10.6 Å². The molecule has 0 aliphatic heterocycles. The first-order chi connectivity index (χ1) is 16.5. The van der Waals surface area contributed by atoms with Crippen LogP contribution in [-0.2, 0) is 13.1 Å². The Labute approximate surface area is 205 Å². The molecule has 2 heteroatoms. The summed E-state index contributed by atoms with van der Waals surface area (Å²) in [4.78, 5) is 0. The highest BCUT2D eigenvalue weighted by molar-refractivity contribution is 5.76. The number of benzene rings is 4. The molecule has 2 N–H and O–H groups in total. The van der Waals surface area contributed by atoms with E-state index in [-0.39, 0.29) is 0 Å². The lowest BCUT2D eigenvalue weighted by Crippen LogP contribution is -2.04. The Hall–Kier alpha value is -3.52. The van der Waals surface area contributed by atoms with Crippen molar-refractivity contribution in [3.8, 4) is 11.1 Å². The summed E-state index contributed by atoms with van der Waals surface area (Å²) in [5, 5.41) is 7.21. The first-order valence-electron chi connectivity index (χ1n) is 12.3. The summed E-state index contributed by atoms with van der Waals surface area (Å²) in [6.45, 7) is 10.8. The summed E-state index contributed by atoms with van der Waals surface area (Å²) in [5.41, 5.74) is 10.3. The second-order valence-electron chi connectivity index (χ2n) is 9.59. The second kappa shape index (κ2) is 11.1. The van der Waals surface area contributed by atoms with Crippen LogP contribution in [0.4, 0.5) is 11.4 Å². The Morgan fingerprint density at radius 2 is 0.882 bits per heavy atom. The monoisotopic (exact) mass is 448 g/mol. The van der Waals surface area contributed by atoms with Gasteiger partial charge in [-0.25, -0.2) is 0 Å². The van der Waals surface area contributed by atoms with Crippen molar-refractivity contribution >= 4 is 11.4 Å². The minimum atomic E-state index is 0.435. The van der Waals surface area contributed by atoms with Crippen LogP contribution in [0.1, 0.15) is 61.8 Å². The fraction of sp³-hybridized carbons (Fsp3) is 0.250. The molecule has 4 rings (SSSR count). The first-order valence-corrected chi connectivity index (χ1v) is 12.3. The SMILES string of the molecule is CC(C)c1cc(NCc2ccccc2)ccc1-c1ccc(NCc2ccccc2)cc1C(C)C. The van der Waals surface area contributed by atoms with E-state index in [4.69, 9.17) is 0 Å². The van der Waals surface area contributed by atoms with Crippen molar-refractivity contribution in [1.29, 1.82) is 0 Å². The zero-order chi connectivity index (χ0) is 23.9. The summed E-state index contributed by atoms with van der Waals surface area (Å²) in [5.74, 6) is 0.869. The summed E-state index contributed by atoms with van der Waals surface area (Å²) < 4.78 is 0. The van der Waals surface area contributed by atoms with Gasteiger partial charge < -0.3 is 10.6 Å². The zero-order valence-electron chi connectivity index (χ0n) is 20.8. The molecule has 0 spiro atoms. The summed E-state index contributed by atoms with van der Waals surface area (Å²) in [6.07, 6.45) is 0. The van der Waals surface area contributed by atoms with Gasteiger partial charge in [0, 0.05) is 24.5 Å². The number of hydrogen-bond acceptors (Lipinski definition) is 2. The van der Waals surface area contributed by atoms with Gasteiger partial charge in [0.15, 0.2) is 0 Å². The maximum Gasteiger partial charge on any atom is 0.0400 e. The van der Waals surface area contributed by atoms with Crippen LogP contribution in [-0.4, -0.2) is 0 Å². The third kappa shape index (κ3) is 5.88.